The van der Waals surface area contributed by atoms with Gasteiger partial charge in [0.2, 0.25) is 5.91 Å². The first-order valence-corrected chi connectivity index (χ1v) is 10.3. The number of ether oxygens (including phenoxy) is 1. The van der Waals surface area contributed by atoms with Gasteiger partial charge in [-0.05, 0) is 56.2 Å². The van der Waals surface area contributed by atoms with Gasteiger partial charge in [0.1, 0.15) is 11.3 Å². The Morgan fingerprint density at radius 2 is 1.87 bits per heavy atom. The number of nitrogens with zero attached hydrogens (tertiary/aromatic N) is 2. The van der Waals surface area contributed by atoms with Crippen LogP contribution < -0.4 is 10.1 Å². The van der Waals surface area contributed by atoms with Gasteiger partial charge in [-0.2, -0.15) is 0 Å². The highest BCUT2D eigenvalue weighted by Gasteiger charge is 2.27. The van der Waals surface area contributed by atoms with Crippen molar-refractivity contribution in [3.8, 4) is 5.75 Å². The van der Waals surface area contributed by atoms with E-state index in [-0.39, 0.29) is 24.3 Å². The van der Waals surface area contributed by atoms with Crippen molar-refractivity contribution in [3.05, 3.63) is 60.0 Å². The van der Waals surface area contributed by atoms with Gasteiger partial charge in [0.05, 0.1) is 13.2 Å². The van der Waals surface area contributed by atoms with Gasteiger partial charge < -0.3 is 19.4 Å². The molecule has 0 bridgehead atoms. The summed E-state index contributed by atoms with van der Waals surface area (Å²) in [4.78, 5) is 31.2. The first-order chi connectivity index (χ1) is 14.6. The second-order valence-corrected chi connectivity index (χ2v) is 7.31. The second-order valence-electron chi connectivity index (χ2n) is 7.31. The molecule has 3 aromatic rings. The second kappa shape index (κ2) is 8.98. The molecule has 2 heterocycles. The molecule has 7 heteroatoms. The zero-order valence-electron chi connectivity index (χ0n) is 17.0. The molecule has 0 saturated carbocycles. The molecule has 1 N–H and O–H groups in total. The van der Waals surface area contributed by atoms with Crippen LogP contribution in [-0.4, -0.2) is 47.9 Å². The van der Waals surface area contributed by atoms with Crippen molar-refractivity contribution in [1.82, 2.24) is 15.2 Å². The quantitative estimate of drug-likeness (QED) is 0.677. The Morgan fingerprint density at radius 1 is 1.13 bits per heavy atom. The number of para-hydroxylation sites is 2. The number of hydrogen-bond donors (Lipinski definition) is 1. The van der Waals surface area contributed by atoms with Crippen molar-refractivity contribution in [2.75, 3.05) is 26.2 Å². The molecule has 156 valence electrons. The molecule has 0 aliphatic carbocycles. The van der Waals surface area contributed by atoms with Crippen LogP contribution in [-0.2, 0) is 4.79 Å². The molecular weight excluding hydrogens is 382 g/mol. The van der Waals surface area contributed by atoms with Gasteiger partial charge >= 0.3 is 0 Å². The Bertz CT molecular complexity index is 987. The number of likely N-dealkylation sites (tertiary alicyclic amines) is 1. The highest BCUT2D eigenvalue weighted by Crippen LogP contribution is 2.29. The van der Waals surface area contributed by atoms with Crippen LogP contribution in [0.25, 0.3) is 11.1 Å². The molecular formula is C23H25N3O4. The average molecular weight is 407 g/mol. The Labute approximate surface area is 175 Å². The third-order valence-electron chi connectivity index (χ3n) is 5.34. The van der Waals surface area contributed by atoms with Crippen LogP contribution >= 0.6 is 0 Å². The molecule has 1 fully saturated rings. The summed E-state index contributed by atoms with van der Waals surface area (Å²) in [5, 5.41) is 2.71. The largest absolute Gasteiger partial charge is 0.494 e. The van der Waals surface area contributed by atoms with Crippen molar-refractivity contribution in [3.63, 3.8) is 0 Å². The minimum absolute atomic E-state index is 0.0143. The zero-order valence-corrected chi connectivity index (χ0v) is 17.0. The summed E-state index contributed by atoms with van der Waals surface area (Å²) in [6.45, 7) is 3.72. The van der Waals surface area contributed by atoms with Crippen molar-refractivity contribution in [2.24, 2.45) is 0 Å². The number of hydrogen-bond acceptors (Lipinski definition) is 5. The van der Waals surface area contributed by atoms with E-state index in [1.165, 1.54) is 0 Å². The molecule has 0 unspecified atom stereocenters. The third kappa shape index (κ3) is 4.45. The summed E-state index contributed by atoms with van der Waals surface area (Å²) in [7, 11) is 0. The zero-order chi connectivity index (χ0) is 20.9. The van der Waals surface area contributed by atoms with E-state index < -0.39 is 0 Å². The minimum Gasteiger partial charge on any atom is -0.494 e. The lowest BCUT2D eigenvalue weighted by Gasteiger charge is -2.30. The van der Waals surface area contributed by atoms with E-state index in [9.17, 15) is 9.59 Å². The van der Waals surface area contributed by atoms with Gasteiger partial charge in [-0.25, -0.2) is 4.98 Å². The number of amides is 2. The summed E-state index contributed by atoms with van der Waals surface area (Å²) in [6.07, 6.45) is 1.59. The highest BCUT2D eigenvalue weighted by atomic mass is 16.5. The number of fused-ring (bicyclic) bond motifs is 1. The van der Waals surface area contributed by atoms with E-state index in [4.69, 9.17) is 9.15 Å². The normalized spacial score (nSPS) is 14.6. The summed E-state index contributed by atoms with van der Waals surface area (Å²) in [5.74, 6) is 1.32. The van der Waals surface area contributed by atoms with Crippen molar-refractivity contribution in [1.29, 1.82) is 0 Å². The molecule has 1 aliphatic rings. The monoisotopic (exact) mass is 407 g/mol. The van der Waals surface area contributed by atoms with Crippen LogP contribution in [0, 0.1) is 0 Å². The molecule has 1 aliphatic heterocycles. The molecule has 1 aromatic heterocycles. The van der Waals surface area contributed by atoms with Crippen LogP contribution in [0.3, 0.4) is 0 Å². The van der Waals surface area contributed by atoms with E-state index in [1.807, 2.05) is 31.2 Å². The predicted octanol–water partition coefficient (Wildman–Crippen LogP) is 3.36. The molecule has 7 nitrogen and oxygen atoms in total. The third-order valence-corrected chi connectivity index (χ3v) is 5.34. The highest BCUT2D eigenvalue weighted by molar-refractivity contribution is 5.96. The van der Waals surface area contributed by atoms with Gasteiger partial charge in [-0.3, -0.25) is 9.59 Å². The SMILES string of the molecule is CCOc1ccc(C(=O)NCC(=O)N2CCC(c3nc4ccccc4o3)CC2)cc1. The van der Waals surface area contributed by atoms with Gasteiger partial charge in [0, 0.05) is 24.6 Å². The fraction of sp³-hybridized carbons (Fsp3) is 0.348. The summed E-state index contributed by atoms with van der Waals surface area (Å²) in [6, 6.07) is 14.6. The van der Waals surface area contributed by atoms with E-state index >= 15 is 0 Å². The Morgan fingerprint density at radius 3 is 2.57 bits per heavy atom. The predicted molar refractivity (Wildman–Crippen MR) is 113 cm³/mol. The fourth-order valence-corrected chi connectivity index (χ4v) is 3.68. The maximum Gasteiger partial charge on any atom is 0.251 e. The number of nitrogens with one attached hydrogen (secondary N) is 1. The number of piperidine rings is 1. The van der Waals surface area contributed by atoms with Gasteiger partial charge in [-0.1, -0.05) is 12.1 Å². The molecule has 0 spiro atoms. The number of carbonyl (C=O) groups is 2. The van der Waals surface area contributed by atoms with Gasteiger partial charge in [0.15, 0.2) is 11.5 Å². The van der Waals surface area contributed by atoms with Crippen LogP contribution in [0.4, 0.5) is 0 Å². The molecule has 30 heavy (non-hydrogen) atoms. The number of oxazole rings is 1. The molecule has 2 aromatic carbocycles. The average Bonchev–Trinajstić information content (AvgIpc) is 3.22. The summed E-state index contributed by atoms with van der Waals surface area (Å²) in [5.41, 5.74) is 2.16. The van der Waals surface area contributed by atoms with E-state index in [0.29, 0.717) is 31.0 Å². The minimum atomic E-state index is -0.271. The lowest BCUT2D eigenvalue weighted by atomic mass is 9.97. The smallest absolute Gasteiger partial charge is 0.251 e. The molecule has 0 atom stereocenters. The van der Waals surface area contributed by atoms with Gasteiger partial charge in [0.25, 0.3) is 5.91 Å². The van der Waals surface area contributed by atoms with Gasteiger partial charge in [-0.15, -0.1) is 0 Å². The Balaban J connectivity index is 1.26. The van der Waals surface area contributed by atoms with E-state index in [0.717, 1.165) is 29.8 Å². The maximum atomic E-state index is 12.5. The maximum absolute atomic E-state index is 12.5. The summed E-state index contributed by atoms with van der Waals surface area (Å²) < 4.78 is 11.2. The molecule has 1 saturated heterocycles. The first-order valence-electron chi connectivity index (χ1n) is 10.3. The van der Waals surface area contributed by atoms with Crippen LogP contribution in [0.2, 0.25) is 0 Å². The molecule has 0 radical (unpaired) electrons. The van der Waals surface area contributed by atoms with E-state index in [2.05, 4.69) is 10.3 Å². The number of benzene rings is 2. The Hall–Kier alpha value is -3.35. The lowest BCUT2D eigenvalue weighted by molar-refractivity contribution is -0.131. The summed E-state index contributed by atoms with van der Waals surface area (Å²) >= 11 is 0. The van der Waals surface area contributed by atoms with Crippen LogP contribution in [0.5, 0.6) is 5.75 Å². The number of aromatic nitrogens is 1. The van der Waals surface area contributed by atoms with Crippen LogP contribution in [0.1, 0.15) is 41.9 Å². The standard InChI is InChI=1S/C23H25N3O4/c1-2-29-18-9-7-16(8-10-18)22(28)24-15-21(27)26-13-11-17(12-14-26)23-25-19-5-3-4-6-20(19)30-23/h3-10,17H,2,11-15H2,1H3,(H,24,28). The van der Waals surface area contributed by atoms with E-state index in [1.54, 1.807) is 29.2 Å². The van der Waals surface area contributed by atoms with Crippen LogP contribution in [0.15, 0.2) is 52.9 Å². The van der Waals surface area contributed by atoms with Crippen molar-refractivity contribution < 1.29 is 18.7 Å². The van der Waals surface area contributed by atoms with Crippen molar-refractivity contribution in [2.45, 2.75) is 25.7 Å². The fourth-order valence-electron chi connectivity index (χ4n) is 3.68. The van der Waals surface area contributed by atoms with Crippen molar-refractivity contribution >= 4 is 22.9 Å². The Kier molecular flexibility index (Phi) is 5.97. The topological polar surface area (TPSA) is 84.7 Å². The first kappa shape index (κ1) is 19.9. The lowest BCUT2D eigenvalue weighted by Crippen LogP contribution is -2.43. The number of rotatable bonds is 6. The molecule has 4 rings (SSSR count). The molecule has 2 amide bonds. The number of carbonyl (C=O) groups excluding carboxylic acids is 2.